The van der Waals surface area contributed by atoms with Crippen LogP contribution in [0.1, 0.15) is 29.8 Å². The van der Waals surface area contributed by atoms with Crippen molar-refractivity contribution in [3.8, 4) is 6.07 Å². The minimum absolute atomic E-state index is 0.110. The molecule has 0 fully saturated rings. The van der Waals surface area contributed by atoms with Crippen molar-refractivity contribution in [1.29, 1.82) is 5.26 Å². The van der Waals surface area contributed by atoms with E-state index in [0.717, 1.165) is 11.1 Å². The van der Waals surface area contributed by atoms with Crippen molar-refractivity contribution in [2.75, 3.05) is 0 Å². The summed E-state index contributed by atoms with van der Waals surface area (Å²) in [5.41, 5.74) is 2.44. The van der Waals surface area contributed by atoms with Crippen LogP contribution >= 0.6 is 0 Å². The van der Waals surface area contributed by atoms with Gasteiger partial charge in [0, 0.05) is 18.8 Å². The van der Waals surface area contributed by atoms with Crippen molar-refractivity contribution in [3.05, 3.63) is 65.2 Å². The summed E-state index contributed by atoms with van der Waals surface area (Å²) < 4.78 is 12.8. The predicted octanol–water partition coefficient (Wildman–Crippen LogP) is 2.94. The second kappa shape index (κ2) is 6.07. The highest BCUT2D eigenvalue weighted by Gasteiger charge is 2.05. The summed E-state index contributed by atoms with van der Waals surface area (Å²) in [6.45, 7) is 2.65. The Morgan fingerprint density at radius 2 is 2.05 bits per heavy atom. The van der Waals surface area contributed by atoms with Gasteiger partial charge in [-0.3, -0.25) is 0 Å². The standard InChI is InChI=1S/C15H14FN3/c1-11(13-2-4-14(16)5-3-13)19-10-12-6-7-18-15(8-12)9-17/h2-8,11,19H,10H2,1H3/t11-/m0/s1. The lowest BCUT2D eigenvalue weighted by atomic mass is 10.1. The predicted molar refractivity (Wildman–Crippen MR) is 70.6 cm³/mol. The number of hydrogen-bond donors (Lipinski definition) is 1. The van der Waals surface area contributed by atoms with Crippen molar-refractivity contribution in [2.45, 2.75) is 19.5 Å². The SMILES string of the molecule is C[C@H](NCc1ccnc(C#N)c1)c1ccc(F)cc1. The first-order valence-electron chi connectivity index (χ1n) is 6.03. The van der Waals surface area contributed by atoms with E-state index in [1.54, 1.807) is 24.4 Å². The van der Waals surface area contributed by atoms with E-state index in [4.69, 9.17) is 5.26 Å². The number of nitriles is 1. The molecule has 1 atom stereocenters. The van der Waals surface area contributed by atoms with Crippen LogP contribution in [-0.2, 0) is 6.54 Å². The van der Waals surface area contributed by atoms with E-state index in [0.29, 0.717) is 12.2 Å². The highest BCUT2D eigenvalue weighted by molar-refractivity contribution is 5.25. The molecule has 0 aliphatic heterocycles. The van der Waals surface area contributed by atoms with Crippen LogP contribution < -0.4 is 5.32 Å². The van der Waals surface area contributed by atoms with Gasteiger partial charge in [0.15, 0.2) is 0 Å². The maximum absolute atomic E-state index is 12.8. The highest BCUT2D eigenvalue weighted by Crippen LogP contribution is 2.13. The van der Waals surface area contributed by atoms with Gasteiger partial charge in [0.1, 0.15) is 17.6 Å². The summed E-state index contributed by atoms with van der Waals surface area (Å²) >= 11 is 0. The van der Waals surface area contributed by atoms with Crippen LogP contribution in [0.2, 0.25) is 0 Å². The second-order valence-corrected chi connectivity index (χ2v) is 4.32. The number of rotatable bonds is 4. The number of aromatic nitrogens is 1. The van der Waals surface area contributed by atoms with Crippen molar-refractivity contribution in [3.63, 3.8) is 0 Å². The fraction of sp³-hybridized carbons (Fsp3) is 0.200. The Kier molecular flexibility index (Phi) is 4.22. The van der Waals surface area contributed by atoms with E-state index in [1.165, 1.54) is 12.1 Å². The van der Waals surface area contributed by atoms with Gasteiger partial charge in [-0.1, -0.05) is 12.1 Å². The van der Waals surface area contributed by atoms with E-state index < -0.39 is 0 Å². The summed E-state index contributed by atoms with van der Waals surface area (Å²) in [6.07, 6.45) is 1.62. The molecule has 1 heterocycles. The topological polar surface area (TPSA) is 48.7 Å². The third kappa shape index (κ3) is 3.60. The molecule has 0 unspecified atom stereocenters. The first-order chi connectivity index (χ1) is 9.19. The molecule has 3 nitrogen and oxygen atoms in total. The van der Waals surface area contributed by atoms with E-state index in [-0.39, 0.29) is 11.9 Å². The molecule has 2 aromatic rings. The van der Waals surface area contributed by atoms with Crippen molar-refractivity contribution < 1.29 is 4.39 Å². The van der Waals surface area contributed by atoms with Crippen LogP contribution in [-0.4, -0.2) is 4.98 Å². The van der Waals surface area contributed by atoms with Gasteiger partial charge in [-0.15, -0.1) is 0 Å². The zero-order valence-corrected chi connectivity index (χ0v) is 10.6. The summed E-state index contributed by atoms with van der Waals surface area (Å²) in [4.78, 5) is 3.92. The van der Waals surface area contributed by atoms with Crippen molar-refractivity contribution in [1.82, 2.24) is 10.3 Å². The lowest BCUT2D eigenvalue weighted by molar-refractivity contribution is 0.571. The largest absolute Gasteiger partial charge is 0.306 e. The number of nitrogens with one attached hydrogen (secondary N) is 1. The number of halogens is 1. The zero-order valence-electron chi connectivity index (χ0n) is 10.6. The molecule has 0 bridgehead atoms. The van der Waals surface area contributed by atoms with Crippen LogP contribution in [0.5, 0.6) is 0 Å². The average Bonchev–Trinajstić information content (AvgIpc) is 2.46. The molecular weight excluding hydrogens is 241 g/mol. The van der Waals surface area contributed by atoms with Gasteiger partial charge in [-0.05, 0) is 42.3 Å². The molecule has 0 amide bonds. The molecule has 0 spiro atoms. The molecule has 96 valence electrons. The fourth-order valence-corrected chi connectivity index (χ4v) is 1.79. The van der Waals surface area contributed by atoms with E-state index in [9.17, 15) is 4.39 Å². The third-order valence-corrected chi connectivity index (χ3v) is 2.92. The number of pyridine rings is 1. The number of benzene rings is 1. The van der Waals surface area contributed by atoms with Crippen molar-refractivity contribution >= 4 is 0 Å². The van der Waals surface area contributed by atoms with Gasteiger partial charge in [0.05, 0.1) is 0 Å². The van der Waals surface area contributed by atoms with Gasteiger partial charge in [0.2, 0.25) is 0 Å². The van der Waals surface area contributed by atoms with Crippen LogP contribution in [0.25, 0.3) is 0 Å². The van der Waals surface area contributed by atoms with E-state index in [2.05, 4.69) is 10.3 Å². The monoisotopic (exact) mass is 255 g/mol. The van der Waals surface area contributed by atoms with Crippen molar-refractivity contribution in [2.24, 2.45) is 0 Å². The van der Waals surface area contributed by atoms with Crippen LogP contribution in [0.15, 0.2) is 42.6 Å². The smallest absolute Gasteiger partial charge is 0.140 e. The quantitative estimate of drug-likeness (QED) is 0.913. The minimum atomic E-state index is -0.233. The molecule has 0 saturated heterocycles. The van der Waals surface area contributed by atoms with Crippen LogP contribution in [0.4, 0.5) is 4.39 Å². The normalized spacial score (nSPS) is 11.8. The molecular formula is C15H14FN3. The lowest BCUT2D eigenvalue weighted by Crippen LogP contribution is -2.18. The average molecular weight is 255 g/mol. The molecule has 0 aliphatic rings. The van der Waals surface area contributed by atoms with E-state index in [1.807, 2.05) is 19.1 Å². The summed E-state index contributed by atoms with van der Waals surface area (Å²) in [6, 6.07) is 12.2. The molecule has 2 rings (SSSR count). The minimum Gasteiger partial charge on any atom is -0.306 e. The summed E-state index contributed by atoms with van der Waals surface area (Å²) in [7, 11) is 0. The highest BCUT2D eigenvalue weighted by atomic mass is 19.1. The van der Waals surface area contributed by atoms with Gasteiger partial charge >= 0.3 is 0 Å². The number of hydrogen-bond acceptors (Lipinski definition) is 3. The molecule has 1 aromatic carbocycles. The number of nitrogens with zero attached hydrogens (tertiary/aromatic N) is 2. The molecule has 0 saturated carbocycles. The summed E-state index contributed by atoms with van der Waals surface area (Å²) in [5, 5.41) is 12.1. The first kappa shape index (κ1) is 13.2. The Morgan fingerprint density at radius 1 is 1.32 bits per heavy atom. The van der Waals surface area contributed by atoms with Gasteiger partial charge < -0.3 is 5.32 Å². The molecule has 4 heteroatoms. The molecule has 0 aliphatic carbocycles. The Labute approximate surface area is 111 Å². The summed E-state index contributed by atoms with van der Waals surface area (Å²) in [5.74, 6) is -0.233. The Balaban J connectivity index is 1.98. The van der Waals surface area contributed by atoms with Gasteiger partial charge in [-0.25, -0.2) is 9.37 Å². The third-order valence-electron chi connectivity index (χ3n) is 2.92. The van der Waals surface area contributed by atoms with Crippen LogP contribution in [0, 0.1) is 17.1 Å². The lowest BCUT2D eigenvalue weighted by Gasteiger charge is -2.14. The Hall–Kier alpha value is -2.25. The maximum atomic E-state index is 12.8. The maximum Gasteiger partial charge on any atom is 0.140 e. The van der Waals surface area contributed by atoms with Gasteiger partial charge in [-0.2, -0.15) is 5.26 Å². The Bertz CT molecular complexity index is 587. The molecule has 0 radical (unpaired) electrons. The van der Waals surface area contributed by atoms with E-state index >= 15 is 0 Å². The molecule has 19 heavy (non-hydrogen) atoms. The van der Waals surface area contributed by atoms with Gasteiger partial charge in [0.25, 0.3) is 0 Å². The Morgan fingerprint density at radius 3 is 2.74 bits per heavy atom. The zero-order chi connectivity index (χ0) is 13.7. The molecule has 1 aromatic heterocycles. The van der Waals surface area contributed by atoms with Crippen LogP contribution in [0.3, 0.4) is 0 Å². The molecule has 1 N–H and O–H groups in total. The first-order valence-corrected chi connectivity index (χ1v) is 6.03. The second-order valence-electron chi connectivity index (χ2n) is 4.32. The fourth-order valence-electron chi connectivity index (χ4n) is 1.79.